The fourth-order valence-corrected chi connectivity index (χ4v) is 3.41. The van der Waals surface area contributed by atoms with E-state index in [0.717, 1.165) is 16.2 Å². The highest BCUT2D eigenvalue weighted by molar-refractivity contribution is 6.62. The smallest absolute Gasteiger partial charge is 0.455 e. The maximum absolute atomic E-state index is 8.88. The molecule has 4 heteroatoms. The van der Waals surface area contributed by atoms with Crippen molar-refractivity contribution in [1.29, 1.82) is 0 Å². The van der Waals surface area contributed by atoms with Crippen molar-refractivity contribution in [2.45, 2.75) is 38.9 Å². The molecule has 130 valence electrons. The first-order valence-corrected chi connectivity index (χ1v) is 8.81. The Balaban J connectivity index is 1.83. The van der Waals surface area contributed by atoms with E-state index < -0.39 is 18.3 Å². The van der Waals surface area contributed by atoms with Gasteiger partial charge in [0, 0.05) is 16.2 Å². The molecule has 5 rings (SSSR count). The molecule has 0 N–H and O–H groups in total. The number of furan rings is 1. The molecule has 3 nitrogen and oxygen atoms in total. The zero-order valence-corrected chi connectivity index (χ0v) is 15.3. The lowest BCUT2D eigenvalue weighted by Crippen LogP contribution is -2.41. The molecular weight excluding hydrogens is 323 g/mol. The standard InChI is InChI=1S/C22H21BO3/c1-21(2)22(3,4)26-23(25-21)15-10-12-19-18(13-15)17-11-9-14-7-5-6-8-16(14)20(17)24-19/h5-13H,1-4H3/i10D,12D,13D. The van der Waals surface area contributed by atoms with Crippen LogP contribution < -0.4 is 5.46 Å². The molecule has 0 amide bonds. The van der Waals surface area contributed by atoms with Gasteiger partial charge in [0.1, 0.15) is 11.2 Å². The third kappa shape index (κ3) is 2.16. The molecular formula is C22H21BO3. The Morgan fingerprint density at radius 3 is 2.35 bits per heavy atom. The lowest BCUT2D eigenvalue weighted by Gasteiger charge is -2.32. The Kier molecular flexibility index (Phi) is 2.55. The van der Waals surface area contributed by atoms with Gasteiger partial charge in [-0.25, -0.2) is 0 Å². The summed E-state index contributed by atoms with van der Waals surface area (Å²) in [6.07, 6.45) is 0. The Labute approximate surface area is 157 Å². The van der Waals surface area contributed by atoms with E-state index in [2.05, 4.69) is 0 Å². The van der Waals surface area contributed by atoms with Crippen LogP contribution in [0.3, 0.4) is 0 Å². The minimum absolute atomic E-state index is 0.0546. The van der Waals surface area contributed by atoms with E-state index >= 15 is 0 Å². The van der Waals surface area contributed by atoms with Gasteiger partial charge in [-0.2, -0.15) is 0 Å². The van der Waals surface area contributed by atoms with Crippen molar-refractivity contribution in [2.24, 2.45) is 0 Å². The zero-order valence-electron chi connectivity index (χ0n) is 18.3. The van der Waals surface area contributed by atoms with Gasteiger partial charge in [0.25, 0.3) is 0 Å². The third-order valence-corrected chi connectivity index (χ3v) is 5.64. The van der Waals surface area contributed by atoms with Crippen LogP contribution in [0.15, 0.2) is 58.9 Å². The molecule has 3 aromatic carbocycles. The number of hydrogen-bond donors (Lipinski definition) is 0. The summed E-state index contributed by atoms with van der Waals surface area (Å²) in [6, 6.07) is 11.7. The van der Waals surface area contributed by atoms with Crippen molar-refractivity contribution < 1.29 is 17.8 Å². The van der Waals surface area contributed by atoms with Crippen LogP contribution in [0.25, 0.3) is 32.7 Å². The quantitative estimate of drug-likeness (QED) is 0.452. The van der Waals surface area contributed by atoms with E-state index in [1.54, 1.807) is 0 Å². The Morgan fingerprint density at radius 1 is 0.846 bits per heavy atom. The van der Waals surface area contributed by atoms with Crippen molar-refractivity contribution >= 4 is 45.3 Å². The van der Waals surface area contributed by atoms with Gasteiger partial charge in [-0.05, 0) is 50.7 Å². The number of hydrogen-bond acceptors (Lipinski definition) is 3. The van der Waals surface area contributed by atoms with Gasteiger partial charge >= 0.3 is 7.12 Å². The van der Waals surface area contributed by atoms with Gasteiger partial charge in [-0.1, -0.05) is 42.4 Å². The molecule has 1 aliphatic rings. The van der Waals surface area contributed by atoms with Crippen molar-refractivity contribution in [3.8, 4) is 0 Å². The summed E-state index contributed by atoms with van der Waals surface area (Å²) < 4.78 is 44.2. The van der Waals surface area contributed by atoms with Gasteiger partial charge in [-0.3, -0.25) is 0 Å². The van der Waals surface area contributed by atoms with Crippen molar-refractivity contribution in [1.82, 2.24) is 0 Å². The second-order valence-electron chi connectivity index (χ2n) is 7.85. The molecule has 0 radical (unpaired) electrons. The third-order valence-electron chi connectivity index (χ3n) is 5.64. The van der Waals surface area contributed by atoms with Crippen molar-refractivity contribution in [3.05, 3.63) is 54.5 Å². The predicted molar refractivity (Wildman–Crippen MR) is 107 cm³/mol. The predicted octanol–water partition coefficient (Wildman–Crippen LogP) is 5.04. The molecule has 0 aliphatic carbocycles. The molecule has 1 fully saturated rings. The van der Waals surface area contributed by atoms with Gasteiger partial charge < -0.3 is 13.7 Å². The highest BCUT2D eigenvalue weighted by Crippen LogP contribution is 2.37. The van der Waals surface area contributed by atoms with Gasteiger partial charge in [0.15, 0.2) is 0 Å². The number of benzene rings is 3. The summed E-state index contributed by atoms with van der Waals surface area (Å²) in [5.74, 6) is 0. The monoisotopic (exact) mass is 347 g/mol. The summed E-state index contributed by atoms with van der Waals surface area (Å²) >= 11 is 0. The van der Waals surface area contributed by atoms with Crippen molar-refractivity contribution in [3.63, 3.8) is 0 Å². The first-order valence-electron chi connectivity index (χ1n) is 10.3. The van der Waals surface area contributed by atoms with Crippen LogP contribution in [0.2, 0.25) is 0 Å². The van der Waals surface area contributed by atoms with Crippen LogP contribution >= 0.6 is 0 Å². The molecule has 0 atom stereocenters. The summed E-state index contributed by atoms with van der Waals surface area (Å²) in [6.45, 7) is 7.72. The summed E-state index contributed by atoms with van der Waals surface area (Å²) in [7, 11) is -0.876. The molecule has 0 unspecified atom stereocenters. The Morgan fingerprint density at radius 2 is 1.58 bits per heavy atom. The molecule has 1 aromatic heterocycles. The molecule has 4 aromatic rings. The summed E-state index contributed by atoms with van der Waals surface area (Å²) in [4.78, 5) is 0. The molecule has 1 saturated heterocycles. The van der Waals surface area contributed by atoms with Crippen LogP contribution in [-0.4, -0.2) is 18.3 Å². The van der Waals surface area contributed by atoms with Gasteiger partial charge in [-0.15, -0.1) is 0 Å². The minimum Gasteiger partial charge on any atom is -0.455 e. The molecule has 1 aliphatic heterocycles. The maximum atomic E-state index is 8.88. The largest absolute Gasteiger partial charge is 0.494 e. The average Bonchev–Trinajstić information content (AvgIpc) is 3.15. The first kappa shape index (κ1) is 13.0. The average molecular weight is 347 g/mol. The topological polar surface area (TPSA) is 31.6 Å². The highest BCUT2D eigenvalue weighted by Gasteiger charge is 2.51. The SMILES string of the molecule is [2H]c1c(B2OC(C)(C)C(C)(C)O2)c([2H])c2c(oc3c4ccccc4ccc32)c1[2H]. The van der Waals surface area contributed by atoms with Gasteiger partial charge in [0.05, 0.1) is 15.3 Å². The fourth-order valence-electron chi connectivity index (χ4n) is 3.41. The van der Waals surface area contributed by atoms with Crippen LogP contribution in [0.1, 0.15) is 31.8 Å². The summed E-state index contributed by atoms with van der Waals surface area (Å²) in [5, 5.41) is 3.23. The maximum Gasteiger partial charge on any atom is 0.494 e. The zero-order chi connectivity index (χ0) is 20.7. The molecule has 0 saturated carbocycles. The highest BCUT2D eigenvalue weighted by atomic mass is 16.7. The second kappa shape index (κ2) is 5.12. The molecule has 26 heavy (non-hydrogen) atoms. The van der Waals surface area contributed by atoms with Gasteiger partial charge in [0.2, 0.25) is 0 Å². The first-order chi connectivity index (χ1) is 13.6. The van der Waals surface area contributed by atoms with E-state index in [1.807, 2.05) is 64.1 Å². The lowest BCUT2D eigenvalue weighted by molar-refractivity contribution is 0.00578. The lowest BCUT2D eigenvalue weighted by atomic mass is 9.78. The second-order valence-corrected chi connectivity index (χ2v) is 7.85. The fraction of sp³-hybridized carbons (Fsp3) is 0.273. The number of rotatable bonds is 1. The Bertz CT molecular complexity index is 1290. The molecule has 0 bridgehead atoms. The molecule has 2 heterocycles. The van der Waals surface area contributed by atoms with Crippen LogP contribution in [0.4, 0.5) is 0 Å². The van der Waals surface area contributed by atoms with E-state index in [-0.39, 0.29) is 29.2 Å². The van der Waals surface area contributed by atoms with E-state index in [4.69, 9.17) is 17.8 Å². The Hall–Kier alpha value is -2.30. The normalized spacial score (nSPS) is 20.6. The van der Waals surface area contributed by atoms with E-state index in [9.17, 15) is 0 Å². The van der Waals surface area contributed by atoms with Crippen LogP contribution in [-0.2, 0) is 9.31 Å². The van der Waals surface area contributed by atoms with Crippen molar-refractivity contribution in [2.75, 3.05) is 0 Å². The van der Waals surface area contributed by atoms with E-state index in [1.165, 1.54) is 0 Å². The summed E-state index contributed by atoms with van der Waals surface area (Å²) in [5.41, 5.74) is -0.0285. The van der Waals surface area contributed by atoms with Crippen LogP contribution in [0.5, 0.6) is 0 Å². The molecule has 0 spiro atoms. The number of fused-ring (bicyclic) bond motifs is 5. The minimum atomic E-state index is -0.876. The van der Waals surface area contributed by atoms with E-state index in [0.29, 0.717) is 11.0 Å². The van der Waals surface area contributed by atoms with Crippen LogP contribution in [0, 0.1) is 0 Å².